The minimum Gasteiger partial charge on any atom is -0.480 e. The molecule has 1 N–H and O–H groups in total. The Morgan fingerprint density at radius 2 is 1.93 bits per heavy atom. The van der Waals surface area contributed by atoms with Gasteiger partial charge in [-0.25, -0.2) is 0 Å². The number of carboxylic acids is 1. The van der Waals surface area contributed by atoms with Crippen LogP contribution in [0.2, 0.25) is 0 Å². The molecule has 0 amide bonds. The zero-order chi connectivity index (χ0) is 10.8. The molecule has 0 aromatic carbocycles. The van der Waals surface area contributed by atoms with Crippen molar-refractivity contribution in [2.75, 3.05) is 0 Å². The van der Waals surface area contributed by atoms with E-state index < -0.39 is 10.7 Å². The van der Waals surface area contributed by atoms with Crippen molar-refractivity contribution in [3.05, 3.63) is 0 Å². The second kappa shape index (κ2) is 4.56. The molecule has 0 spiro atoms. The predicted octanol–water partition coefficient (Wildman–Crippen LogP) is 3.16. The molecule has 1 rings (SSSR count). The summed E-state index contributed by atoms with van der Waals surface area (Å²) in [7, 11) is 0. The normalized spacial score (nSPS) is 33.3. The lowest BCUT2D eigenvalue weighted by molar-refractivity contribution is -0.141. The van der Waals surface area contributed by atoms with E-state index in [-0.39, 0.29) is 0 Å². The summed E-state index contributed by atoms with van der Waals surface area (Å²) in [4.78, 5) is 11.3. The molecule has 1 fully saturated rings. The van der Waals surface area contributed by atoms with Crippen molar-refractivity contribution in [1.29, 1.82) is 0 Å². The third-order valence-electron chi connectivity index (χ3n) is 2.93. The van der Waals surface area contributed by atoms with Crippen LogP contribution in [-0.4, -0.2) is 21.1 Å². The minimum absolute atomic E-state index is 0.402. The largest absolute Gasteiger partial charge is 0.480 e. The average molecular weight is 216 g/mol. The number of thioether (sulfide) groups is 1. The Morgan fingerprint density at radius 3 is 2.29 bits per heavy atom. The highest BCUT2D eigenvalue weighted by atomic mass is 32.2. The molecule has 0 aromatic heterocycles. The van der Waals surface area contributed by atoms with Gasteiger partial charge >= 0.3 is 5.97 Å². The molecule has 3 heteroatoms. The highest BCUT2D eigenvalue weighted by Crippen LogP contribution is 2.43. The fourth-order valence-electron chi connectivity index (χ4n) is 2.06. The molecule has 2 nitrogen and oxygen atoms in total. The van der Waals surface area contributed by atoms with E-state index in [0.717, 1.165) is 25.7 Å². The van der Waals surface area contributed by atoms with Crippen molar-refractivity contribution in [2.24, 2.45) is 5.92 Å². The summed E-state index contributed by atoms with van der Waals surface area (Å²) in [6.07, 6.45) is 3.80. The smallest absolute Gasteiger partial charge is 0.319 e. The third-order valence-corrected chi connectivity index (χ3v) is 4.44. The Morgan fingerprint density at radius 1 is 1.43 bits per heavy atom. The molecule has 0 radical (unpaired) electrons. The van der Waals surface area contributed by atoms with Gasteiger partial charge in [-0.1, -0.05) is 20.8 Å². The molecule has 1 aliphatic rings. The SMILES string of the molecule is CC1CCC(SC(C)C)(C(=O)O)CC1. The van der Waals surface area contributed by atoms with Crippen molar-refractivity contribution in [1.82, 2.24) is 0 Å². The van der Waals surface area contributed by atoms with Gasteiger partial charge in [-0.15, -0.1) is 11.8 Å². The van der Waals surface area contributed by atoms with Crippen molar-refractivity contribution < 1.29 is 9.90 Å². The van der Waals surface area contributed by atoms with E-state index in [0.29, 0.717) is 11.2 Å². The molecule has 0 saturated heterocycles. The summed E-state index contributed by atoms with van der Waals surface area (Å²) in [6, 6.07) is 0. The number of carboxylic acid groups (broad SMARTS) is 1. The molecule has 1 aliphatic carbocycles. The first-order chi connectivity index (χ1) is 6.46. The molecular weight excluding hydrogens is 196 g/mol. The fraction of sp³-hybridized carbons (Fsp3) is 0.909. The highest BCUT2D eigenvalue weighted by molar-refractivity contribution is 8.01. The van der Waals surface area contributed by atoms with Crippen molar-refractivity contribution in [3.63, 3.8) is 0 Å². The minimum atomic E-state index is -0.608. The molecule has 0 aliphatic heterocycles. The van der Waals surface area contributed by atoms with E-state index in [9.17, 15) is 9.90 Å². The standard InChI is InChI=1S/C11H20O2S/c1-8(2)14-11(10(12)13)6-4-9(3)5-7-11/h8-9H,4-7H2,1-3H3,(H,12,13). The number of aliphatic carboxylic acids is 1. The van der Waals surface area contributed by atoms with Crippen molar-refractivity contribution in [2.45, 2.75) is 56.5 Å². The van der Waals surface area contributed by atoms with Crippen LogP contribution in [0.1, 0.15) is 46.5 Å². The first kappa shape index (κ1) is 11.9. The van der Waals surface area contributed by atoms with Gasteiger partial charge in [0.05, 0.1) is 0 Å². The maximum absolute atomic E-state index is 11.3. The van der Waals surface area contributed by atoms with E-state index in [4.69, 9.17) is 0 Å². The lowest BCUT2D eigenvalue weighted by Crippen LogP contribution is -2.39. The maximum Gasteiger partial charge on any atom is 0.319 e. The average Bonchev–Trinajstić information content (AvgIpc) is 2.08. The Bertz CT molecular complexity index is 205. The van der Waals surface area contributed by atoms with Gasteiger partial charge in [0.1, 0.15) is 4.75 Å². The van der Waals surface area contributed by atoms with E-state index >= 15 is 0 Å². The number of rotatable bonds is 3. The first-order valence-corrected chi connectivity index (χ1v) is 6.25. The Labute approximate surface area is 90.5 Å². The topological polar surface area (TPSA) is 37.3 Å². The van der Waals surface area contributed by atoms with Crippen LogP contribution in [0, 0.1) is 5.92 Å². The van der Waals surface area contributed by atoms with Gasteiger partial charge in [-0.05, 0) is 31.6 Å². The zero-order valence-corrected chi connectivity index (χ0v) is 10.1. The molecular formula is C11H20O2S. The number of hydrogen-bond acceptors (Lipinski definition) is 2. The Balaban J connectivity index is 2.68. The summed E-state index contributed by atoms with van der Waals surface area (Å²) in [5, 5.41) is 9.71. The van der Waals surface area contributed by atoms with Crippen LogP contribution in [0.25, 0.3) is 0 Å². The van der Waals surface area contributed by atoms with Crippen molar-refractivity contribution in [3.8, 4) is 0 Å². The maximum atomic E-state index is 11.3. The summed E-state index contributed by atoms with van der Waals surface area (Å²) in [5.74, 6) is 0.0957. The summed E-state index contributed by atoms with van der Waals surface area (Å²) < 4.78 is -0.485. The number of hydrogen-bond donors (Lipinski definition) is 1. The lowest BCUT2D eigenvalue weighted by Gasteiger charge is -2.36. The van der Waals surface area contributed by atoms with Crippen LogP contribution in [0.5, 0.6) is 0 Å². The lowest BCUT2D eigenvalue weighted by atomic mass is 9.82. The second-order valence-electron chi connectivity index (χ2n) is 4.65. The van der Waals surface area contributed by atoms with Gasteiger partial charge < -0.3 is 5.11 Å². The van der Waals surface area contributed by atoms with E-state index in [1.807, 2.05) is 0 Å². The van der Waals surface area contributed by atoms with Crippen LogP contribution in [-0.2, 0) is 4.79 Å². The van der Waals surface area contributed by atoms with Gasteiger partial charge in [-0.3, -0.25) is 4.79 Å². The summed E-state index contributed by atoms with van der Waals surface area (Å²) in [6.45, 7) is 6.37. The molecule has 0 atom stereocenters. The quantitative estimate of drug-likeness (QED) is 0.787. The van der Waals surface area contributed by atoms with Crippen LogP contribution in [0.3, 0.4) is 0 Å². The van der Waals surface area contributed by atoms with Gasteiger partial charge in [-0.2, -0.15) is 0 Å². The van der Waals surface area contributed by atoms with Gasteiger partial charge in [0.25, 0.3) is 0 Å². The molecule has 0 heterocycles. The van der Waals surface area contributed by atoms with Gasteiger partial charge in [0.15, 0.2) is 0 Å². The zero-order valence-electron chi connectivity index (χ0n) is 9.25. The van der Waals surface area contributed by atoms with E-state index in [2.05, 4.69) is 20.8 Å². The highest BCUT2D eigenvalue weighted by Gasteiger charge is 2.42. The van der Waals surface area contributed by atoms with E-state index in [1.54, 1.807) is 11.8 Å². The second-order valence-corrected chi connectivity index (χ2v) is 6.61. The van der Waals surface area contributed by atoms with Crippen LogP contribution in [0.15, 0.2) is 0 Å². The molecule has 0 bridgehead atoms. The van der Waals surface area contributed by atoms with Gasteiger partial charge in [0, 0.05) is 5.25 Å². The summed E-state index contributed by atoms with van der Waals surface area (Å²) in [5.41, 5.74) is 0. The predicted molar refractivity (Wildman–Crippen MR) is 60.7 cm³/mol. The third kappa shape index (κ3) is 2.66. The first-order valence-electron chi connectivity index (χ1n) is 5.37. The Hall–Kier alpha value is -0.180. The molecule has 1 saturated carbocycles. The van der Waals surface area contributed by atoms with Crippen LogP contribution in [0.4, 0.5) is 0 Å². The molecule has 14 heavy (non-hydrogen) atoms. The molecule has 82 valence electrons. The molecule has 0 aromatic rings. The Kier molecular flexibility index (Phi) is 3.87. The number of carbonyl (C=O) groups is 1. The van der Waals surface area contributed by atoms with Gasteiger partial charge in [0.2, 0.25) is 0 Å². The monoisotopic (exact) mass is 216 g/mol. The summed E-state index contributed by atoms with van der Waals surface area (Å²) >= 11 is 1.63. The van der Waals surface area contributed by atoms with Crippen LogP contribution < -0.4 is 0 Å². The van der Waals surface area contributed by atoms with Crippen molar-refractivity contribution >= 4 is 17.7 Å². The molecule has 0 unspecified atom stereocenters. The van der Waals surface area contributed by atoms with E-state index in [1.165, 1.54) is 0 Å². The fourth-order valence-corrected chi connectivity index (χ4v) is 3.54. The van der Waals surface area contributed by atoms with Crippen LogP contribution >= 0.6 is 11.8 Å².